The molecule has 1 aliphatic heterocycles. The average molecular weight is 539 g/mol. The molecule has 3 fully saturated rings. The standard InChI is InChI=1S/C32H27ClN2O4/c33-25-8-4-5-9-27(25)39-20-12-10-19(11-13-20)34-30(36)26(16-18-6-2-1-3-7-18)35-31(37)28-21-14-15-22(24-17-23(21)24)29(28)32(35)38/h1-15,21-24,26,28-29H,16-17H2,(H,34,36)/t21-,22-,23-,24+,26+,28+,29-/m1/s1. The van der Waals surface area contributed by atoms with Crippen molar-refractivity contribution in [1.29, 1.82) is 0 Å². The number of ether oxygens (including phenoxy) is 1. The van der Waals surface area contributed by atoms with Crippen LogP contribution in [0.1, 0.15) is 12.0 Å². The summed E-state index contributed by atoms with van der Waals surface area (Å²) in [6.45, 7) is 0. The molecule has 2 saturated carbocycles. The van der Waals surface area contributed by atoms with E-state index in [1.54, 1.807) is 36.4 Å². The van der Waals surface area contributed by atoms with Crippen LogP contribution < -0.4 is 10.1 Å². The number of halogens is 1. The van der Waals surface area contributed by atoms with Gasteiger partial charge in [-0.3, -0.25) is 19.3 Å². The summed E-state index contributed by atoms with van der Waals surface area (Å²) >= 11 is 6.19. The Kier molecular flexibility index (Phi) is 5.81. The number of anilines is 1. The lowest BCUT2D eigenvalue weighted by atomic mass is 9.63. The van der Waals surface area contributed by atoms with E-state index >= 15 is 0 Å². The first-order valence-electron chi connectivity index (χ1n) is 13.4. The van der Waals surface area contributed by atoms with Crippen molar-refractivity contribution in [3.8, 4) is 11.5 Å². The monoisotopic (exact) mass is 538 g/mol. The number of carbonyl (C=O) groups is 3. The lowest BCUT2D eigenvalue weighted by molar-refractivity contribution is -0.146. The predicted molar refractivity (Wildman–Crippen MR) is 147 cm³/mol. The third-order valence-corrected chi connectivity index (χ3v) is 9.08. The molecular formula is C32H27ClN2O4. The molecule has 3 aromatic carbocycles. The zero-order valence-electron chi connectivity index (χ0n) is 21.1. The van der Waals surface area contributed by atoms with Crippen molar-refractivity contribution in [2.24, 2.45) is 35.5 Å². The highest BCUT2D eigenvalue weighted by Gasteiger charge is 2.67. The van der Waals surface area contributed by atoms with Gasteiger partial charge in [0.2, 0.25) is 17.7 Å². The Morgan fingerprint density at radius 2 is 1.49 bits per heavy atom. The van der Waals surface area contributed by atoms with Crippen LogP contribution in [-0.2, 0) is 20.8 Å². The number of hydrogen-bond donors (Lipinski definition) is 1. The summed E-state index contributed by atoms with van der Waals surface area (Å²) in [5, 5.41) is 3.44. The molecular weight excluding hydrogens is 512 g/mol. The molecule has 7 atom stereocenters. The molecule has 1 saturated heterocycles. The molecule has 8 rings (SSSR count). The van der Waals surface area contributed by atoms with Crippen LogP contribution >= 0.6 is 11.6 Å². The average Bonchev–Trinajstić information content (AvgIpc) is 3.73. The Balaban J connectivity index is 1.13. The summed E-state index contributed by atoms with van der Waals surface area (Å²) in [6.07, 6.45) is 5.65. The molecule has 1 heterocycles. The van der Waals surface area contributed by atoms with Crippen LogP contribution in [0.4, 0.5) is 5.69 Å². The van der Waals surface area contributed by atoms with Crippen LogP contribution in [0.3, 0.4) is 0 Å². The van der Waals surface area contributed by atoms with Crippen LogP contribution in [0.15, 0.2) is 91.0 Å². The number of rotatable bonds is 7. The molecule has 3 aromatic rings. The normalized spacial score (nSPS) is 28.6. The Labute approximate surface area is 231 Å². The summed E-state index contributed by atoms with van der Waals surface area (Å²) in [7, 11) is 0. The van der Waals surface area contributed by atoms with E-state index in [4.69, 9.17) is 16.3 Å². The molecule has 0 radical (unpaired) electrons. The van der Waals surface area contributed by atoms with Crippen molar-refractivity contribution < 1.29 is 19.1 Å². The number of carbonyl (C=O) groups excluding carboxylic acids is 3. The van der Waals surface area contributed by atoms with Crippen molar-refractivity contribution in [3.63, 3.8) is 0 Å². The highest BCUT2D eigenvalue weighted by molar-refractivity contribution is 6.32. The van der Waals surface area contributed by atoms with E-state index in [0.717, 1.165) is 12.0 Å². The van der Waals surface area contributed by atoms with Crippen LogP contribution in [0, 0.1) is 35.5 Å². The molecule has 6 nitrogen and oxygen atoms in total. The molecule has 0 spiro atoms. The highest BCUT2D eigenvalue weighted by atomic mass is 35.5. The molecule has 0 aromatic heterocycles. The van der Waals surface area contributed by atoms with Gasteiger partial charge >= 0.3 is 0 Å². The number of imide groups is 1. The lowest BCUT2D eigenvalue weighted by Gasteiger charge is -2.37. The summed E-state index contributed by atoms with van der Waals surface area (Å²) in [5.74, 6) is 0.858. The SMILES string of the molecule is O=C(Nc1ccc(Oc2ccccc2Cl)cc1)[C@H](Cc1ccccc1)N1C(=O)[C@@H]2[C@@H]3C=C[C@H]([C@H]4C[C@@H]34)[C@@H]2C1=O. The Bertz CT molecular complexity index is 1450. The molecule has 5 aliphatic rings. The van der Waals surface area contributed by atoms with Crippen LogP contribution in [-0.4, -0.2) is 28.7 Å². The van der Waals surface area contributed by atoms with Crippen molar-refractivity contribution >= 4 is 35.0 Å². The van der Waals surface area contributed by atoms with Crippen molar-refractivity contribution in [3.05, 3.63) is 102 Å². The maximum atomic E-state index is 13.8. The van der Waals surface area contributed by atoms with E-state index < -0.39 is 6.04 Å². The number of likely N-dealkylation sites (tertiary alicyclic amines) is 1. The zero-order chi connectivity index (χ0) is 26.7. The first-order valence-corrected chi connectivity index (χ1v) is 13.8. The highest BCUT2D eigenvalue weighted by Crippen LogP contribution is 2.65. The van der Waals surface area contributed by atoms with E-state index in [2.05, 4.69) is 17.5 Å². The van der Waals surface area contributed by atoms with Gasteiger partial charge < -0.3 is 10.1 Å². The molecule has 2 bridgehead atoms. The topological polar surface area (TPSA) is 75.7 Å². The van der Waals surface area contributed by atoms with Crippen molar-refractivity contribution in [2.45, 2.75) is 18.9 Å². The van der Waals surface area contributed by atoms with E-state index in [1.807, 2.05) is 42.5 Å². The van der Waals surface area contributed by atoms with Gasteiger partial charge in [-0.2, -0.15) is 0 Å². The summed E-state index contributed by atoms with van der Waals surface area (Å²) < 4.78 is 5.85. The van der Waals surface area contributed by atoms with E-state index in [-0.39, 0.29) is 47.8 Å². The second-order valence-electron chi connectivity index (χ2n) is 11.0. The minimum atomic E-state index is -0.937. The van der Waals surface area contributed by atoms with Gasteiger partial charge in [0, 0.05) is 12.1 Å². The maximum absolute atomic E-state index is 13.8. The predicted octanol–water partition coefficient (Wildman–Crippen LogP) is 5.74. The number of nitrogens with one attached hydrogen (secondary N) is 1. The number of para-hydroxylation sites is 1. The van der Waals surface area contributed by atoms with Gasteiger partial charge in [0.15, 0.2) is 0 Å². The fourth-order valence-electron chi connectivity index (χ4n) is 6.91. The first-order chi connectivity index (χ1) is 19.0. The fourth-order valence-corrected chi connectivity index (χ4v) is 7.09. The smallest absolute Gasteiger partial charge is 0.248 e. The molecule has 39 heavy (non-hydrogen) atoms. The molecule has 1 N–H and O–H groups in total. The van der Waals surface area contributed by atoms with E-state index in [1.165, 1.54) is 4.90 Å². The minimum absolute atomic E-state index is 0.109. The molecule has 4 aliphatic carbocycles. The molecule has 7 heteroatoms. The van der Waals surface area contributed by atoms with Crippen molar-refractivity contribution in [2.75, 3.05) is 5.32 Å². The van der Waals surface area contributed by atoms with Crippen LogP contribution in [0.25, 0.3) is 0 Å². The van der Waals surface area contributed by atoms with Gasteiger partial charge in [-0.25, -0.2) is 0 Å². The zero-order valence-corrected chi connectivity index (χ0v) is 21.8. The van der Waals surface area contributed by atoms with Gasteiger partial charge in [0.25, 0.3) is 0 Å². The Morgan fingerprint density at radius 1 is 0.872 bits per heavy atom. The second-order valence-corrected chi connectivity index (χ2v) is 11.4. The van der Waals surface area contributed by atoms with Gasteiger partial charge in [0.1, 0.15) is 17.5 Å². The Morgan fingerprint density at radius 3 is 2.13 bits per heavy atom. The van der Waals surface area contributed by atoms with Crippen LogP contribution in [0.5, 0.6) is 11.5 Å². The minimum Gasteiger partial charge on any atom is -0.456 e. The molecule has 3 amide bonds. The number of amides is 3. The third-order valence-electron chi connectivity index (χ3n) is 8.77. The largest absolute Gasteiger partial charge is 0.456 e. The second kappa shape index (κ2) is 9.38. The van der Waals surface area contributed by atoms with Gasteiger partial charge in [-0.15, -0.1) is 0 Å². The van der Waals surface area contributed by atoms with E-state index in [9.17, 15) is 14.4 Å². The number of allylic oxidation sites excluding steroid dienone is 2. The van der Waals surface area contributed by atoms with Gasteiger partial charge in [-0.05, 0) is 72.1 Å². The number of hydrogen-bond acceptors (Lipinski definition) is 4. The quantitative estimate of drug-likeness (QED) is 0.308. The number of benzene rings is 3. The molecule has 196 valence electrons. The van der Waals surface area contributed by atoms with Gasteiger partial charge in [0.05, 0.1) is 16.9 Å². The summed E-state index contributed by atoms with van der Waals surface area (Å²) in [4.78, 5) is 42.6. The lowest BCUT2D eigenvalue weighted by Crippen LogP contribution is -2.49. The maximum Gasteiger partial charge on any atom is 0.248 e. The summed E-state index contributed by atoms with van der Waals surface area (Å²) in [5.41, 5.74) is 1.43. The fraction of sp³-hybridized carbons (Fsp3) is 0.281. The molecule has 0 unspecified atom stereocenters. The number of nitrogens with zero attached hydrogens (tertiary/aromatic N) is 1. The first kappa shape index (κ1) is 24.2. The summed E-state index contributed by atoms with van der Waals surface area (Å²) in [6, 6.07) is 22.7. The van der Waals surface area contributed by atoms with Crippen molar-refractivity contribution in [1.82, 2.24) is 4.90 Å². The van der Waals surface area contributed by atoms with Crippen LogP contribution in [0.2, 0.25) is 5.02 Å². The van der Waals surface area contributed by atoms with Gasteiger partial charge in [-0.1, -0.05) is 66.2 Å². The third kappa shape index (κ3) is 4.14. The van der Waals surface area contributed by atoms with E-state index in [0.29, 0.717) is 34.0 Å². The Hall–Kier alpha value is -3.90.